The smallest absolute Gasteiger partial charge is 0.333 e. The molecule has 0 aliphatic carbocycles. The summed E-state index contributed by atoms with van der Waals surface area (Å²) >= 11 is 0. The lowest BCUT2D eigenvalue weighted by atomic mass is 10.00. The fraction of sp³-hybridized carbons (Fsp3) is 0.812. The van der Waals surface area contributed by atoms with Crippen molar-refractivity contribution in [2.75, 3.05) is 26.3 Å². The average Bonchev–Trinajstić information content (AvgIpc) is 3.40. The van der Waals surface area contributed by atoms with Gasteiger partial charge in [-0.2, -0.15) is 0 Å². The molecule has 6 N–H and O–H groups in total. The lowest BCUT2D eigenvalue weighted by molar-refractivity contribution is -0.293. The topological polar surface area (TPSA) is 276 Å². The molecule has 0 aromatic carbocycles. The maximum atomic E-state index is 13.1. The number of ether oxygens (including phenoxy) is 4. The Kier molecular flexibility index (Phi) is 16.9. The quantitative estimate of drug-likeness (QED) is 0.0551. The Morgan fingerprint density at radius 3 is 1.53 bits per heavy atom. The molecule has 19 heteroatoms. The van der Waals surface area contributed by atoms with Crippen molar-refractivity contribution in [1.82, 2.24) is 9.96 Å². The number of Topliss-reactive ketones (excluding diaryl/α,β-unsaturated/α-hetero) is 2. The van der Waals surface area contributed by atoms with Gasteiger partial charge in [0.2, 0.25) is 5.91 Å². The number of unbranched alkanes of at least 4 members (excludes halogenated alkanes) is 1. The molecule has 19 nitrogen and oxygen atoms in total. The van der Waals surface area contributed by atoms with E-state index in [1.54, 1.807) is 0 Å². The van der Waals surface area contributed by atoms with Crippen LogP contribution in [-0.2, 0) is 52.6 Å². The molecule has 3 aliphatic rings. The lowest BCUT2D eigenvalue weighted by Gasteiger charge is -2.38. The fourth-order valence-electron chi connectivity index (χ4n) is 5.57. The predicted octanol–water partition coefficient (Wildman–Crippen LogP) is -2.63. The maximum absolute atomic E-state index is 13.1. The van der Waals surface area contributed by atoms with Gasteiger partial charge in [0.1, 0.15) is 36.6 Å². The molecule has 0 aromatic rings. The van der Waals surface area contributed by atoms with Gasteiger partial charge in [-0.15, -0.1) is 5.06 Å². The first-order chi connectivity index (χ1) is 24.1. The molecule has 0 spiro atoms. The van der Waals surface area contributed by atoms with E-state index in [4.69, 9.17) is 23.8 Å². The van der Waals surface area contributed by atoms with Gasteiger partial charge in [0.25, 0.3) is 11.8 Å². The van der Waals surface area contributed by atoms with E-state index in [9.17, 15) is 59.4 Å². The van der Waals surface area contributed by atoms with E-state index in [1.807, 2.05) is 0 Å². The van der Waals surface area contributed by atoms with E-state index < -0.39 is 110 Å². The van der Waals surface area contributed by atoms with Gasteiger partial charge < -0.3 is 59.3 Å². The average molecular weight is 735 g/mol. The second-order valence-electron chi connectivity index (χ2n) is 12.9. The van der Waals surface area contributed by atoms with Gasteiger partial charge in [0, 0.05) is 38.5 Å². The molecule has 3 saturated heterocycles. The number of nitrogens with zero attached hydrogens (tertiary/aromatic N) is 2. The van der Waals surface area contributed by atoms with Gasteiger partial charge in [0.15, 0.2) is 24.1 Å². The van der Waals surface area contributed by atoms with Crippen molar-refractivity contribution in [3.63, 3.8) is 0 Å². The molecule has 0 unspecified atom stereocenters. The van der Waals surface area contributed by atoms with E-state index in [2.05, 4.69) is 0 Å². The number of hydrogen-bond acceptors (Lipinski definition) is 17. The first kappa shape index (κ1) is 42.4. The number of ketones is 2. The highest BCUT2D eigenvalue weighted by Gasteiger charge is 2.43. The second kappa shape index (κ2) is 20.3. The van der Waals surface area contributed by atoms with Crippen LogP contribution >= 0.6 is 0 Å². The number of carbonyl (C=O) groups is 6. The molecule has 3 rings (SSSR count). The molecular weight excluding hydrogens is 684 g/mol. The number of carbonyl (C=O) groups excluding carboxylic acids is 6. The van der Waals surface area contributed by atoms with Crippen molar-refractivity contribution in [3.05, 3.63) is 0 Å². The second-order valence-corrected chi connectivity index (χ2v) is 12.9. The summed E-state index contributed by atoms with van der Waals surface area (Å²) in [5.41, 5.74) is 0. The van der Waals surface area contributed by atoms with E-state index >= 15 is 0 Å². The Labute approximate surface area is 294 Å². The minimum absolute atomic E-state index is 0.0487. The molecule has 290 valence electrons. The van der Waals surface area contributed by atoms with E-state index in [0.29, 0.717) is 5.06 Å². The predicted molar refractivity (Wildman–Crippen MR) is 167 cm³/mol. The van der Waals surface area contributed by atoms with Crippen LogP contribution < -0.4 is 0 Å². The zero-order chi connectivity index (χ0) is 37.8. The number of imide groups is 1. The van der Waals surface area contributed by atoms with Gasteiger partial charge in [-0.05, 0) is 39.5 Å². The normalized spacial score (nSPS) is 31.1. The van der Waals surface area contributed by atoms with Gasteiger partial charge in [-0.25, -0.2) is 4.79 Å². The van der Waals surface area contributed by atoms with Crippen LogP contribution in [0.5, 0.6) is 0 Å². The zero-order valence-corrected chi connectivity index (χ0v) is 28.7. The molecule has 0 saturated carbocycles. The standard InChI is InChI=1S/C32H50N2O17/c1-17-25(41)27(43)29(45)31(49-17)47-13-5-7-19(35)15-33(21(37)9-3-4-10-24(40)51-34-22(38)11-12-23(34)39)16-20(36)8-6-14-48-32-30(46)28(44)26(42)18(2)50-32/h17-18,25-32,41-46H,3-16H2,1-2H3/t17-,18-,25+,26+,27+,28+,29-,30-,31+,32+/m0/s1. The van der Waals surface area contributed by atoms with Crippen LogP contribution in [0.1, 0.15) is 78.1 Å². The highest BCUT2D eigenvalue weighted by atomic mass is 16.7. The third-order valence-electron chi connectivity index (χ3n) is 8.69. The summed E-state index contributed by atoms with van der Waals surface area (Å²) < 4.78 is 21.6. The third-order valence-corrected chi connectivity index (χ3v) is 8.69. The van der Waals surface area contributed by atoms with Crippen LogP contribution in [0, 0.1) is 0 Å². The highest BCUT2D eigenvalue weighted by Crippen LogP contribution is 2.23. The minimum Gasteiger partial charge on any atom is -0.388 e. The Bertz CT molecular complexity index is 1150. The van der Waals surface area contributed by atoms with Crippen molar-refractivity contribution >= 4 is 35.3 Å². The fourth-order valence-corrected chi connectivity index (χ4v) is 5.57. The van der Waals surface area contributed by atoms with Crippen LogP contribution in [0.4, 0.5) is 0 Å². The van der Waals surface area contributed by atoms with Crippen molar-refractivity contribution in [2.24, 2.45) is 0 Å². The summed E-state index contributed by atoms with van der Waals surface area (Å²) in [4.78, 5) is 80.1. The van der Waals surface area contributed by atoms with Gasteiger partial charge in [-0.1, -0.05) is 0 Å². The van der Waals surface area contributed by atoms with Crippen LogP contribution in [0.3, 0.4) is 0 Å². The first-order valence-electron chi connectivity index (χ1n) is 17.1. The van der Waals surface area contributed by atoms with E-state index in [-0.39, 0.29) is 77.4 Å². The van der Waals surface area contributed by atoms with Gasteiger partial charge in [-0.3, -0.25) is 24.0 Å². The molecule has 3 fully saturated rings. The molecule has 3 heterocycles. The van der Waals surface area contributed by atoms with Crippen molar-refractivity contribution in [1.29, 1.82) is 0 Å². The molecule has 0 radical (unpaired) electrons. The summed E-state index contributed by atoms with van der Waals surface area (Å²) in [6.45, 7) is 2.05. The number of aliphatic hydroxyl groups excluding tert-OH is 6. The number of aliphatic hydroxyl groups is 6. The van der Waals surface area contributed by atoms with E-state index in [1.165, 1.54) is 13.8 Å². The Morgan fingerprint density at radius 2 is 1.08 bits per heavy atom. The molecule has 10 atom stereocenters. The SMILES string of the molecule is C[C@@H]1O[C@@H](OCCCC(=O)CN(CC(=O)CCCO[C@@H]2O[C@@H](C)[C@@H](O)[C@@H](O)[C@@H]2O)C(=O)CCCCC(=O)ON2C(=O)CCC2=O)[C@@H](O)[C@H](O)[C@@H]1O. The lowest BCUT2D eigenvalue weighted by Crippen LogP contribution is -2.57. The molecule has 0 aromatic heterocycles. The third kappa shape index (κ3) is 12.6. The number of rotatable bonds is 20. The van der Waals surface area contributed by atoms with Crippen LogP contribution in [-0.4, -0.2) is 164 Å². The zero-order valence-electron chi connectivity index (χ0n) is 28.7. The molecule has 3 amide bonds. The van der Waals surface area contributed by atoms with Crippen molar-refractivity contribution in [3.8, 4) is 0 Å². The van der Waals surface area contributed by atoms with Crippen LogP contribution in [0.2, 0.25) is 0 Å². The first-order valence-corrected chi connectivity index (χ1v) is 17.1. The molecule has 0 bridgehead atoms. The summed E-state index contributed by atoms with van der Waals surface area (Å²) in [7, 11) is 0. The summed E-state index contributed by atoms with van der Waals surface area (Å²) in [5.74, 6) is -3.41. The summed E-state index contributed by atoms with van der Waals surface area (Å²) in [5, 5.41) is 60.1. The Morgan fingerprint density at radius 1 is 0.647 bits per heavy atom. The Hall–Kier alpha value is -2.98. The minimum atomic E-state index is -1.51. The molecular formula is C32H50N2O17. The number of amides is 3. The van der Waals surface area contributed by atoms with E-state index in [0.717, 1.165) is 4.90 Å². The summed E-state index contributed by atoms with van der Waals surface area (Å²) in [6.07, 6.45) is -12.6. The number of hydroxylamine groups is 2. The molecule has 51 heavy (non-hydrogen) atoms. The van der Waals surface area contributed by atoms with Crippen molar-refractivity contribution in [2.45, 2.75) is 139 Å². The monoisotopic (exact) mass is 734 g/mol. The van der Waals surface area contributed by atoms with Crippen LogP contribution in [0.15, 0.2) is 0 Å². The van der Waals surface area contributed by atoms with Crippen molar-refractivity contribution < 1.29 is 83.2 Å². The van der Waals surface area contributed by atoms with Gasteiger partial charge >= 0.3 is 5.97 Å². The highest BCUT2D eigenvalue weighted by molar-refractivity contribution is 6.01. The molecule has 3 aliphatic heterocycles. The maximum Gasteiger partial charge on any atom is 0.333 e. The van der Waals surface area contributed by atoms with Gasteiger partial charge in [0.05, 0.1) is 38.5 Å². The largest absolute Gasteiger partial charge is 0.388 e. The summed E-state index contributed by atoms with van der Waals surface area (Å²) in [6, 6.07) is 0. The van der Waals surface area contributed by atoms with Crippen LogP contribution in [0.25, 0.3) is 0 Å². The number of hydrogen-bond donors (Lipinski definition) is 6. The Balaban J connectivity index is 1.46.